The van der Waals surface area contributed by atoms with Gasteiger partial charge in [-0.3, -0.25) is 20.4 Å². The van der Waals surface area contributed by atoms with E-state index in [1.165, 1.54) is 5.56 Å². The number of carbonyl (C=O) groups excluding carboxylic acids is 2. The normalized spacial score (nSPS) is 11.9. The number of benzene rings is 3. The molecule has 0 aromatic heterocycles. The quantitative estimate of drug-likeness (QED) is 0.512. The lowest BCUT2D eigenvalue weighted by Gasteiger charge is -2.20. The summed E-state index contributed by atoms with van der Waals surface area (Å²) < 4.78 is 11.5. The van der Waals surface area contributed by atoms with Crippen molar-refractivity contribution in [2.45, 2.75) is 45.8 Å². The molecule has 3 aromatic carbocycles. The molecule has 2 amide bonds. The Balaban J connectivity index is 1.54. The van der Waals surface area contributed by atoms with Gasteiger partial charge in [-0.25, -0.2) is 0 Å². The fourth-order valence-corrected chi connectivity index (χ4v) is 3.09. The first kappa shape index (κ1) is 23.9. The number of ether oxygens (including phenoxy) is 2. The third-order valence-electron chi connectivity index (χ3n) is 5.07. The van der Waals surface area contributed by atoms with Crippen molar-refractivity contribution in [3.05, 3.63) is 95.6 Å². The van der Waals surface area contributed by atoms with Crippen LogP contribution in [0.3, 0.4) is 0 Å². The first-order valence-corrected chi connectivity index (χ1v) is 10.9. The van der Waals surface area contributed by atoms with E-state index in [9.17, 15) is 9.59 Å². The molecular formula is C27H30N2O4. The number of hydrogen-bond donors (Lipinski definition) is 2. The van der Waals surface area contributed by atoms with Gasteiger partial charge in [0.2, 0.25) is 0 Å². The molecule has 0 saturated carbocycles. The Morgan fingerprint density at radius 3 is 2.15 bits per heavy atom. The maximum Gasteiger partial charge on any atom is 0.279 e. The summed E-state index contributed by atoms with van der Waals surface area (Å²) in [7, 11) is 0. The number of hydrogen-bond acceptors (Lipinski definition) is 4. The molecule has 0 fully saturated rings. The van der Waals surface area contributed by atoms with Gasteiger partial charge >= 0.3 is 0 Å². The van der Waals surface area contributed by atoms with Crippen LogP contribution in [-0.2, 0) is 16.8 Å². The first-order valence-electron chi connectivity index (χ1n) is 10.9. The molecule has 172 valence electrons. The molecule has 0 heterocycles. The average molecular weight is 447 g/mol. The largest absolute Gasteiger partial charge is 0.488 e. The summed E-state index contributed by atoms with van der Waals surface area (Å²) in [6, 6.07) is 24.2. The van der Waals surface area contributed by atoms with E-state index in [2.05, 4.69) is 31.6 Å². The third kappa shape index (κ3) is 6.84. The molecule has 0 aliphatic heterocycles. The molecule has 33 heavy (non-hydrogen) atoms. The third-order valence-corrected chi connectivity index (χ3v) is 5.07. The lowest BCUT2D eigenvalue weighted by molar-refractivity contribution is -0.128. The van der Waals surface area contributed by atoms with Crippen molar-refractivity contribution in [2.75, 3.05) is 0 Å². The minimum atomic E-state index is -0.796. The Morgan fingerprint density at radius 1 is 0.848 bits per heavy atom. The summed E-state index contributed by atoms with van der Waals surface area (Å²) in [6.45, 7) is 8.35. The van der Waals surface area contributed by atoms with Crippen molar-refractivity contribution in [2.24, 2.45) is 0 Å². The van der Waals surface area contributed by atoms with Crippen LogP contribution < -0.4 is 20.3 Å². The number of hydrazine groups is 1. The standard InChI is InChI=1S/C27H30N2O4/c1-19(33-22-16-14-21(15-17-22)27(2,3)4)25(30)28-29-26(31)23-12-8-9-13-24(23)32-18-20-10-6-5-7-11-20/h5-17,19H,18H2,1-4H3,(H,28,30)(H,29,31). The Kier molecular flexibility index (Phi) is 7.72. The van der Waals surface area contributed by atoms with Gasteiger partial charge in [0.25, 0.3) is 11.8 Å². The predicted molar refractivity (Wildman–Crippen MR) is 128 cm³/mol. The number of para-hydroxylation sites is 1. The first-order chi connectivity index (χ1) is 15.7. The van der Waals surface area contributed by atoms with Crippen molar-refractivity contribution in [1.29, 1.82) is 0 Å². The van der Waals surface area contributed by atoms with Crippen LogP contribution in [0.4, 0.5) is 0 Å². The number of rotatable bonds is 7. The lowest BCUT2D eigenvalue weighted by Crippen LogP contribution is -2.47. The molecule has 0 bridgehead atoms. The second-order valence-corrected chi connectivity index (χ2v) is 8.75. The fraction of sp³-hybridized carbons (Fsp3) is 0.259. The van der Waals surface area contributed by atoms with Crippen LogP contribution in [-0.4, -0.2) is 17.9 Å². The summed E-state index contributed by atoms with van der Waals surface area (Å²) in [4.78, 5) is 25.1. The predicted octanol–water partition coefficient (Wildman–Crippen LogP) is 4.79. The molecule has 1 atom stereocenters. The van der Waals surface area contributed by atoms with Gasteiger partial charge in [-0.15, -0.1) is 0 Å². The molecule has 6 nitrogen and oxygen atoms in total. The second-order valence-electron chi connectivity index (χ2n) is 8.75. The summed E-state index contributed by atoms with van der Waals surface area (Å²) in [5.41, 5.74) is 7.37. The number of amides is 2. The zero-order valence-electron chi connectivity index (χ0n) is 19.4. The lowest BCUT2D eigenvalue weighted by atomic mass is 9.87. The molecule has 0 saturated heterocycles. The zero-order valence-corrected chi connectivity index (χ0v) is 19.4. The highest BCUT2D eigenvalue weighted by Gasteiger charge is 2.18. The highest BCUT2D eigenvalue weighted by Crippen LogP contribution is 2.24. The van der Waals surface area contributed by atoms with E-state index < -0.39 is 17.9 Å². The Hall–Kier alpha value is -3.80. The maximum absolute atomic E-state index is 12.6. The summed E-state index contributed by atoms with van der Waals surface area (Å²) in [5, 5.41) is 0. The van der Waals surface area contributed by atoms with E-state index in [0.717, 1.165) is 5.56 Å². The molecule has 0 spiro atoms. The summed E-state index contributed by atoms with van der Waals surface area (Å²) in [6.07, 6.45) is -0.796. The van der Waals surface area contributed by atoms with Gasteiger partial charge in [-0.05, 0) is 47.7 Å². The van der Waals surface area contributed by atoms with Crippen molar-refractivity contribution in [1.82, 2.24) is 10.9 Å². The Bertz CT molecular complexity index is 1070. The molecular weight excluding hydrogens is 416 g/mol. The topological polar surface area (TPSA) is 76.7 Å². The van der Waals surface area contributed by atoms with Gasteiger partial charge in [0.05, 0.1) is 5.56 Å². The van der Waals surface area contributed by atoms with E-state index in [1.54, 1.807) is 31.2 Å². The van der Waals surface area contributed by atoms with Gasteiger partial charge in [0.1, 0.15) is 18.1 Å². The monoisotopic (exact) mass is 446 g/mol. The van der Waals surface area contributed by atoms with Crippen molar-refractivity contribution in [3.8, 4) is 11.5 Å². The van der Waals surface area contributed by atoms with Gasteiger partial charge in [-0.2, -0.15) is 0 Å². The molecule has 1 unspecified atom stereocenters. The summed E-state index contributed by atoms with van der Waals surface area (Å²) in [5.74, 6) is 0.0626. The molecule has 3 rings (SSSR count). The highest BCUT2D eigenvalue weighted by molar-refractivity contribution is 5.98. The smallest absolute Gasteiger partial charge is 0.279 e. The SMILES string of the molecule is CC(Oc1ccc(C(C)(C)C)cc1)C(=O)NNC(=O)c1ccccc1OCc1ccccc1. The van der Waals surface area contributed by atoms with E-state index in [-0.39, 0.29) is 5.41 Å². The molecule has 0 aliphatic rings. The fourth-order valence-electron chi connectivity index (χ4n) is 3.09. The van der Waals surface area contributed by atoms with E-state index in [1.807, 2.05) is 54.6 Å². The number of nitrogens with one attached hydrogen (secondary N) is 2. The maximum atomic E-state index is 12.6. The van der Waals surface area contributed by atoms with Gasteiger partial charge in [0, 0.05) is 0 Å². The van der Waals surface area contributed by atoms with Gasteiger partial charge in [-0.1, -0.05) is 75.4 Å². The van der Waals surface area contributed by atoms with Crippen LogP contribution in [0, 0.1) is 0 Å². The second kappa shape index (κ2) is 10.7. The van der Waals surface area contributed by atoms with Crippen LogP contribution in [0.15, 0.2) is 78.9 Å². The Labute approximate surface area is 194 Å². The van der Waals surface area contributed by atoms with Gasteiger partial charge < -0.3 is 9.47 Å². The van der Waals surface area contributed by atoms with E-state index in [0.29, 0.717) is 23.7 Å². The Morgan fingerprint density at radius 2 is 1.48 bits per heavy atom. The van der Waals surface area contributed by atoms with Crippen LogP contribution in [0.5, 0.6) is 11.5 Å². The van der Waals surface area contributed by atoms with E-state index >= 15 is 0 Å². The van der Waals surface area contributed by atoms with Crippen molar-refractivity contribution >= 4 is 11.8 Å². The van der Waals surface area contributed by atoms with Crippen molar-refractivity contribution in [3.63, 3.8) is 0 Å². The molecule has 6 heteroatoms. The van der Waals surface area contributed by atoms with E-state index in [4.69, 9.17) is 9.47 Å². The minimum Gasteiger partial charge on any atom is -0.488 e. The van der Waals surface area contributed by atoms with Gasteiger partial charge in [0.15, 0.2) is 6.10 Å². The molecule has 3 aromatic rings. The van der Waals surface area contributed by atoms with Crippen LogP contribution in [0.25, 0.3) is 0 Å². The molecule has 2 N–H and O–H groups in total. The minimum absolute atomic E-state index is 0.0346. The zero-order chi connectivity index (χ0) is 23.8. The summed E-state index contributed by atoms with van der Waals surface area (Å²) >= 11 is 0. The average Bonchev–Trinajstić information content (AvgIpc) is 2.81. The van der Waals surface area contributed by atoms with Crippen LogP contribution in [0.2, 0.25) is 0 Å². The highest BCUT2D eigenvalue weighted by atomic mass is 16.5. The molecule has 0 aliphatic carbocycles. The number of carbonyl (C=O) groups is 2. The van der Waals surface area contributed by atoms with Crippen LogP contribution >= 0.6 is 0 Å². The van der Waals surface area contributed by atoms with Crippen molar-refractivity contribution < 1.29 is 19.1 Å². The van der Waals surface area contributed by atoms with Crippen LogP contribution in [0.1, 0.15) is 49.2 Å². The molecule has 0 radical (unpaired) electrons.